The first-order valence-corrected chi connectivity index (χ1v) is 10.0. The minimum atomic E-state index is -0.320. The zero-order chi connectivity index (χ0) is 20.8. The number of halogens is 3. The third-order valence-corrected chi connectivity index (χ3v) is 4.90. The molecule has 3 aromatic rings. The highest BCUT2D eigenvalue weighted by Crippen LogP contribution is 2.37. The number of anilines is 1. The fourth-order valence-electron chi connectivity index (χ4n) is 2.87. The normalized spacial score (nSPS) is 10.7. The summed E-state index contributed by atoms with van der Waals surface area (Å²) in [5.41, 5.74) is 3.42. The highest BCUT2D eigenvalue weighted by atomic mass is 35.5. The van der Waals surface area contributed by atoms with E-state index in [1.807, 2.05) is 44.2 Å². The SMILES string of the molecule is CCOc1cc(CNc2cc(Cl)ccc2C)cc(Cl)c1OCc1ccccc1F. The first-order chi connectivity index (χ1) is 14.0. The molecule has 0 heterocycles. The van der Waals surface area contributed by atoms with Crippen LogP contribution in [-0.4, -0.2) is 6.61 Å². The lowest BCUT2D eigenvalue weighted by atomic mass is 10.1. The van der Waals surface area contributed by atoms with Gasteiger partial charge < -0.3 is 14.8 Å². The molecule has 0 aliphatic carbocycles. The fraction of sp³-hybridized carbons (Fsp3) is 0.217. The predicted octanol–water partition coefficient (Wildman–Crippen LogP) is 7.03. The predicted molar refractivity (Wildman–Crippen MR) is 117 cm³/mol. The molecule has 0 bridgehead atoms. The zero-order valence-electron chi connectivity index (χ0n) is 16.3. The standard InChI is InChI=1S/C23H22Cl2FNO2/c1-3-28-22-11-16(13-27-21-12-18(24)9-8-15(21)2)10-19(25)23(22)29-14-17-6-4-5-7-20(17)26/h4-12,27H,3,13-14H2,1-2H3. The summed E-state index contributed by atoms with van der Waals surface area (Å²) in [4.78, 5) is 0. The van der Waals surface area contributed by atoms with Gasteiger partial charge in [-0.3, -0.25) is 0 Å². The second kappa shape index (κ2) is 9.86. The van der Waals surface area contributed by atoms with Crippen molar-refractivity contribution in [1.29, 1.82) is 0 Å². The molecule has 0 radical (unpaired) electrons. The van der Waals surface area contributed by atoms with Crippen LogP contribution >= 0.6 is 23.2 Å². The van der Waals surface area contributed by atoms with Crippen molar-refractivity contribution in [2.45, 2.75) is 27.0 Å². The summed E-state index contributed by atoms with van der Waals surface area (Å²) >= 11 is 12.6. The summed E-state index contributed by atoms with van der Waals surface area (Å²) < 4.78 is 25.4. The van der Waals surface area contributed by atoms with Crippen molar-refractivity contribution in [3.05, 3.63) is 87.2 Å². The average Bonchev–Trinajstić information content (AvgIpc) is 2.69. The molecule has 0 aliphatic rings. The van der Waals surface area contributed by atoms with Gasteiger partial charge in [-0.25, -0.2) is 4.39 Å². The summed E-state index contributed by atoms with van der Waals surface area (Å²) in [7, 11) is 0. The van der Waals surface area contributed by atoms with E-state index in [-0.39, 0.29) is 12.4 Å². The molecular weight excluding hydrogens is 412 g/mol. The van der Waals surface area contributed by atoms with Gasteiger partial charge in [0.25, 0.3) is 0 Å². The highest BCUT2D eigenvalue weighted by molar-refractivity contribution is 6.32. The van der Waals surface area contributed by atoms with E-state index in [2.05, 4.69) is 5.32 Å². The molecule has 3 aromatic carbocycles. The minimum Gasteiger partial charge on any atom is -0.490 e. The summed E-state index contributed by atoms with van der Waals surface area (Å²) in [6.45, 7) is 4.95. The molecule has 0 fully saturated rings. The molecular formula is C23H22Cl2FNO2. The summed E-state index contributed by atoms with van der Waals surface area (Å²) in [5, 5.41) is 4.44. The Kier molecular flexibility index (Phi) is 7.24. The van der Waals surface area contributed by atoms with E-state index in [0.717, 1.165) is 16.8 Å². The first-order valence-electron chi connectivity index (χ1n) is 9.29. The van der Waals surface area contributed by atoms with E-state index in [1.54, 1.807) is 18.2 Å². The molecule has 0 spiro atoms. The molecule has 152 valence electrons. The van der Waals surface area contributed by atoms with Crippen LogP contribution in [0.15, 0.2) is 54.6 Å². The van der Waals surface area contributed by atoms with Crippen LogP contribution in [0.3, 0.4) is 0 Å². The van der Waals surface area contributed by atoms with Crippen LogP contribution in [0.4, 0.5) is 10.1 Å². The van der Waals surface area contributed by atoms with Crippen LogP contribution in [0.1, 0.15) is 23.6 Å². The number of hydrogen-bond acceptors (Lipinski definition) is 3. The van der Waals surface area contributed by atoms with Gasteiger partial charge >= 0.3 is 0 Å². The fourth-order valence-corrected chi connectivity index (χ4v) is 3.33. The van der Waals surface area contributed by atoms with Gasteiger partial charge in [0.2, 0.25) is 0 Å². The number of benzene rings is 3. The molecule has 0 atom stereocenters. The molecule has 0 amide bonds. The molecule has 0 unspecified atom stereocenters. The average molecular weight is 434 g/mol. The second-order valence-electron chi connectivity index (χ2n) is 6.53. The Balaban J connectivity index is 1.78. The summed E-state index contributed by atoms with van der Waals surface area (Å²) in [5.74, 6) is 0.606. The largest absolute Gasteiger partial charge is 0.490 e. The Labute approximate surface area is 180 Å². The van der Waals surface area contributed by atoms with Crippen molar-refractivity contribution < 1.29 is 13.9 Å². The third kappa shape index (κ3) is 5.55. The van der Waals surface area contributed by atoms with Gasteiger partial charge in [0.1, 0.15) is 12.4 Å². The number of hydrogen-bond donors (Lipinski definition) is 1. The topological polar surface area (TPSA) is 30.5 Å². The van der Waals surface area contributed by atoms with E-state index in [4.69, 9.17) is 32.7 Å². The van der Waals surface area contributed by atoms with E-state index < -0.39 is 0 Å². The summed E-state index contributed by atoms with van der Waals surface area (Å²) in [6, 6.07) is 15.9. The maximum atomic E-state index is 13.9. The molecule has 3 nitrogen and oxygen atoms in total. The number of nitrogens with one attached hydrogen (secondary N) is 1. The van der Waals surface area contributed by atoms with Crippen LogP contribution in [0.5, 0.6) is 11.5 Å². The van der Waals surface area contributed by atoms with Crippen LogP contribution in [0.25, 0.3) is 0 Å². The molecule has 29 heavy (non-hydrogen) atoms. The van der Waals surface area contributed by atoms with Crippen molar-refractivity contribution in [1.82, 2.24) is 0 Å². The van der Waals surface area contributed by atoms with Gasteiger partial charge in [-0.1, -0.05) is 47.5 Å². The van der Waals surface area contributed by atoms with Gasteiger partial charge in [0.05, 0.1) is 11.6 Å². The second-order valence-corrected chi connectivity index (χ2v) is 7.37. The Hall–Kier alpha value is -2.43. The Bertz CT molecular complexity index is 995. The summed E-state index contributed by atoms with van der Waals surface area (Å²) in [6.07, 6.45) is 0. The van der Waals surface area contributed by atoms with E-state index in [0.29, 0.717) is 40.3 Å². The minimum absolute atomic E-state index is 0.0613. The Morgan fingerprint density at radius 1 is 1.00 bits per heavy atom. The lowest BCUT2D eigenvalue weighted by Crippen LogP contribution is -2.05. The highest BCUT2D eigenvalue weighted by Gasteiger charge is 2.14. The maximum Gasteiger partial charge on any atom is 0.180 e. The van der Waals surface area contributed by atoms with E-state index >= 15 is 0 Å². The molecule has 0 saturated heterocycles. The Morgan fingerprint density at radius 2 is 1.79 bits per heavy atom. The number of rotatable bonds is 8. The van der Waals surface area contributed by atoms with Gasteiger partial charge in [0.15, 0.2) is 11.5 Å². The number of aryl methyl sites for hydroxylation is 1. The van der Waals surface area contributed by atoms with Gasteiger partial charge in [-0.15, -0.1) is 0 Å². The molecule has 3 rings (SSSR count). The van der Waals surface area contributed by atoms with Crippen molar-refractivity contribution in [2.24, 2.45) is 0 Å². The smallest absolute Gasteiger partial charge is 0.180 e. The van der Waals surface area contributed by atoms with Crippen molar-refractivity contribution in [3.63, 3.8) is 0 Å². The van der Waals surface area contributed by atoms with Crippen molar-refractivity contribution in [3.8, 4) is 11.5 Å². The van der Waals surface area contributed by atoms with Crippen molar-refractivity contribution >= 4 is 28.9 Å². The molecule has 0 aromatic heterocycles. The molecule has 0 aliphatic heterocycles. The molecule has 0 saturated carbocycles. The van der Waals surface area contributed by atoms with Gasteiger partial charge in [-0.2, -0.15) is 0 Å². The first kappa shape index (κ1) is 21.3. The van der Waals surface area contributed by atoms with Crippen molar-refractivity contribution in [2.75, 3.05) is 11.9 Å². The van der Waals surface area contributed by atoms with Crippen LogP contribution in [0.2, 0.25) is 10.0 Å². The lowest BCUT2D eigenvalue weighted by Gasteiger charge is -2.16. The Morgan fingerprint density at radius 3 is 2.55 bits per heavy atom. The monoisotopic (exact) mass is 433 g/mol. The van der Waals surface area contributed by atoms with E-state index in [1.165, 1.54) is 6.07 Å². The maximum absolute atomic E-state index is 13.9. The number of ether oxygens (including phenoxy) is 2. The molecule has 1 N–H and O–H groups in total. The van der Waals surface area contributed by atoms with Crippen LogP contribution < -0.4 is 14.8 Å². The quantitative estimate of drug-likeness (QED) is 0.413. The van der Waals surface area contributed by atoms with Crippen LogP contribution in [0, 0.1) is 12.7 Å². The zero-order valence-corrected chi connectivity index (χ0v) is 17.8. The lowest BCUT2D eigenvalue weighted by molar-refractivity contribution is 0.266. The van der Waals surface area contributed by atoms with Gasteiger partial charge in [-0.05, 0) is 55.3 Å². The van der Waals surface area contributed by atoms with Crippen LogP contribution in [-0.2, 0) is 13.2 Å². The van der Waals surface area contributed by atoms with Gasteiger partial charge in [0, 0.05) is 22.8 Å². The van der Waals surface area contributed by atoms with E-state index in [9.17, 15) is 4.39 Å². The third-order valence-electron chi connectivity index (χ3n) is 4.38. The molecule has 6 heteroatoms.